The second-order valence-corrected chi connectivity index (χ2v) is 3.08. The zero-order chi connectivity index (χ0) is 10.6. The van der Waals surface area contributed by atoms with Crippen molar-refractivity contribution in [2.75, 3.05) is 0 Å². The van der Waals surface area contributed by atoms with Crippen LogP contribution in [0, 0.1) is 5.82 Å². The Labute approximate surface area is 85.4 Å². The van der Waals surface area contributed by atoms with Gasteiger partial charge in [0, 0.05) is 0 Å². The first-order valence-electron chi connectivity index (χ1n) is 3.86. The van der Waals surface area contributed by atoms with Crippen molar-refractivity contribution in [1.82, 2.24) is 0 Å². The molecule has 1 rings (SSSR count). The van der Waals surface area contributed by atoms with Gasteiger partial charge in [0.05, 0.1) is 0 Å². The van der Waals surface area contributed by atoms with Crippen LogP contribution < -0.4 is 4.74 Å². The Morgan fingerprint density at radius 3 is 2.50 bits per heavy atom. The van der Waals surface area contributed by atoms with Crippen molar-refractivity contribution in [3.8, 4) is 5.75 Å². The maximum absolute atomic E-state index is 12.4. The van der Waals surface area contributed by atoms with Crippen molar-refractivity contribution in [3.63, 3.8) is 0 Å². The molecule has 0 aromatic heterocycles. The standard InChI is InChI=1S/C9H8ClFO3/c1-6(10)13-9(12)14-8-4-2-7(11)3-5-8/h2-6H,1H3/t6-/m0/s1. The maximum atomic E-state index is 12.4. The molecule has 0 saturated carbocycles. The summed E-state index contributed by atoms with van der Waals surface area (Å²) in [5.41, 5.74) is -0.761. The van der Waals surface area contributed by atoms with Crippen molar-refractivity contribution in [2.45, 2.75) is 12.5 Å². The summed E-state index contributed by atoms with van der Waals surface area (Å²) in [6.45, 7) is 1.48. The van der Waals surface area contributed by atoms with Crippen LogP contribution >= 0.6 is 11.6 Å². The third kappa shape index (κ3) is 3.62. The van der Waals surface area contributed by atoms with Gasteiger partial charge in [-0.15, -0.1) is 0 Å². The minimum absolute atomic E-state index is 0.203. The zero-order valence-electron chi connectivity index (χ0n) is 7.37. The van der Waals surface area contributed by atoms with Crippen LogP contribution in [0.2, 0.25) is 0 Å². The van der Waals surface area contributed by atoms with E-state index in [4.69, 9.17) is 11.6 Å². The Balaban J connectivity index is 2.52. The van der Waals surface area contributed by atoms with Crippen LogP contribution in [0.4, 0.5) is 9.18 Å². The molecule has 1 atom stereocenters. The van der Waals surface area contributed by atoms with E-state index >= 15 is 0 Å². The molecule has 14 heavy (non-hydrogen) atoms. The van der Waals surface area contributed by atoms with Crippen LogP contribution in [0.3, 0.4) is 0 Å². The van der Waals surface area contributed by atoms with Gasteiger partial charge in [-0.25, -0.2) is 9.18 Å². The van der Waals surface area contributed by atoms with E-state index in [1.807, 2.05) is 0 Å². The Morgan fingerprint density at radius 1 is 1.43 bits per heavy atom. The Hall–Kier alpha value is -1.29. The van der Waals surface area contributed by atoms with Gasteiger partial charge in [-0.05, 0) is 31.2 Å². The number of benzene rings is 1. The van der Waals surface area contributed by atoms with Crippen molar-refractivity contribution in [3.05, 3.63) is 30.1 Å². The molecule has 76 valence electrons. The molecule has 0 aliphatic heterocycles. The molecule has 0 fully saturated rings. The van der Waals surface area contributed by atoms with Gasteiger partial charge >= 0.3 is 6.16 Å². The maximum Gasteiger partial charge on any atom is 0.515 e. The number of carbonyl (C=O) groups excluding carboxylic acids is 1. The van der Waals surface area contributed by atoms with Crippen LogP contribution in [0.1, 0.15) is 6.92 Å². The van der Waals surface area contributed by atoms with Gasteiger partial charge in [0.1, 0.15) is 11.6 Å². The molecule has 0 bridgehead atoms. The largest absolute Gasteiger partial charge is 0.515 e. The number of rotatable bonds is 2. The number of halogens is 2. The second kappa shape index (κ2) is 4.81. The van der Waals surface area contributed by atoms with Gasteiger partial charge in [-0.2, -0.15) is 0 Å². The summed E-state index contributed by atoms with van der Waals surface area (Å²) in [5, 5.41) is 0. The lowest BCUT2D eigenvalue weighted by Crippen LogP contribution is -2.14. The van der Waals surface area contributed by atoms with Crippen molar-refractivity contribution in [2.24, 2.45) is 0 Å². The van der Waals surface area contributed by atoms with Gasteiger partial charge in [-0.1, -0.05) is 11.6 Å². The third-order valence-electron chi connectivity index (χ3n) is 1.27. The molecule has 3 nitrogen and oxygen atoms in total. The van der Waals surface area contributed by atoms with E-state index < -0.39 is 17.5 Å². The average Bonchev–Trinajstić information content (AvgIpc) is 2.07. The van der Waals surface area contributed by atoms with Crippen LogP contribution in [0.5, 0.6) is 5.75 Å². The first-order valence-corrected chi connectivity index (χ1v) is 4.29. The average molecular weight is 219 g/mol. The first kappa shape index (κ1) is 10.8. The van der Waals surface area contributed by atoms with Crippen molar-refractivity contribution < 1.29 is 18.7 Å². The molecule has 1 aromatic rings. The van der Waals surface area contributed by atoms with E-state index in [9.17, 15) is 9.18 Å². The number of carbonyl (C=O) groups is 1. The summed E-state index contributed by atoms with van der Waals surface area (Å²) in [7, 11) is 0. The summed E-state index contributed by atoms with van der Waals surface area (Å²) in [6, 6.07) is 4.98. The lowest BCUT2D eigenvalue weighted by molar-refractivity contribution is 0.0923. The lowest BCUT2D eigenvalue weighted by atomic mass is 10.3. The van der Waals surface area contributed by atoms with E-state index in [-0.39, 0.29) is 5.75 Å². The summed E-state index contributed by atoms with van der Waals surface area (Å²) in [6.07, 6.45) is -0.917. The van der Waals surface area contributed by atoms with Gasteiger partial charge < -0.3 is 9.47 Å². The number of ether oxygens (including phenoxy) is 2. The van der Waals surface area contributed by atoms with E-state index in [1.54, 1.807) is 0 Å². The normalized spacial score (nSPS) is 11.9. The van der Waals surface area contributed by atoms with Gasteiger partial charge in [0.2, 0.25) is 0 Å². The summed E-state index contributed by atoms with van der Waals surface area (Å²) in [5.74, 6) is -0.204. The Kier molecular flexibility index (Phi) is 3.71. The van der Waals surface area contributed by atoms with Crippen LogP contribution in [-0.4, -0.2) is 11.7 Å². The minimum Gasteiger partial charge on any atom is -0.415 e. The molecular weight excluding hydrogens is 211 g/mol. The summed E-state index contributed by atoms with van der Waals surface area (Å²) >= 11 is 5.38. The van der Waals surface area contributed by atoms with Crippen LogP contribution in [0.15, 0.2) is 24.3 Å². The molecule has 5 heteroatoms. The first-order chi connectivity index (χ1) is 6.58. The van der Waals surface area contributed by atoms with Gasteiger partial charge in [-0.3, -0.25) is 0 Å². The van der Waals surface area contributed by atoms with E-state index in [2.05, 4.69) is 9.47 Å². The van der Waals surface area contributed by atoms with Gasteiger partial charge in [0.15, 0.2) is 5.56 Å². The molecule has 0 heterocycles. The highest BCUT2D eigenvalue weighted by Gasteiger charge is 2.08. The summed E-state index contributed by atoms with van der Waals surface area (Å²) in [4.78, 5) is 10.9. The van der Waals surface area contributed by atoms with Gasteiger partial charge in [0.25, 0.3) is 0 Å². The van der Waals surface area contributed by atoms with E-state index in [0.717, 1.165) is 0 Å². The molecule has 0 aliphatic rings. The van der Waals surface area contributed by atoms with Crippen LogP contribution in [-0.2, 0) is 4.74 Å². The SMILES string of the molecule is C[C@@H](Cl)OC(=O)Oc1ccc(F)cc1. The second-order valence-electron chi connectivity index (χ2n) is 2.47. The smallest absolute Gasteiger partial charge is 0.415 e. The predicted molar refractivity (Wildman–Crippen MR) is 48.8 cm³/mol. The highest BCUT2D eigenvalue weighted by atomic mass is 35.5. The molecule has 0 amide bonds. The number of hydrogen-bond donors (Lipinski definition) is 0. The lowest BCUT2D eigenvalue weighted by Gasteiger charge is -2.06. The fourth-order valence-corrected chi connectivity index (χ4v) is 0.828. The Bertz CT molecular complexity index is 310. The fraction of sp³-hybridized carbons (Fsp3) is 0.222. The number of hydrogen-bond acceptors (Lipinski definition) is 3. The molecule has 0 unspecified atom stereocenters. The third-order valence-corrected chi connectivity index (χ3v) is 1.36. The molecule has 0 aliphatic carbocycles. The highest BCUT2D eigenvalue weighted by Crippen LogP contribution is 2.12. The molecule has 0 spiro atoms. The van der Waals surface area contributed by atoms with Crippen LogP contribution in [0.25, 0.3) is 0 Å². The number of alkyl halides is 1. The monoisotopic (exact) mass is 218 g/mol. The molecule has 0 radical (unpaired) electrons. The van der Waals surface area contributed by atoms with Crippen molar-refractivity contribution >= 4 is 17.8 Å². The highest BCUT2D eigenvalue weighted by molar-refractivity contribution is 6.19. The quantitative estimate of drug-likeness (QED) is 0.435. The van der Waals surface area contributed by atoms with E-state index in [0.29, 0.717) is 0 Å². The van der Waals surface area contributed by atoms with E-state index in [1.165, 1.54) is 31.2 Å². The Morgan fingerprint density at radius 2 is 2.00 bits per heavy atom. The fourth-order valence-electron chi connectivity index (χ4n) is 0.756. The molecule has 0 saturated heterocycles. The van der Waals surface area contributed by atoms with Crippen molar-refractivity contribution in [1.29, 1.82) is 0 Å². The molecule has 0 N–H and O–H groups in total. The predicted octanol–water partition coefficient (Wildman–Crippen LogP) is 2.93. The molecule has 1 aromatic carbocycles. The summed E-state index contributed by atoms with van der Waals surface area (Å²) < 4.78 is 21.6. The minimum atomic E-state index is -0.917. The topological polar surface area (TPSA) is 35.5 Å². The zero-order valence-corrected chi connectivity index (χ0v) is 8.12. The molecular formula is C9H8ClFO3.